The first kappa shape index (κ1) is 63.5. The average molecular weight is 1380 g/mol. The molecule has 0 N–H and O–H groups in total. The topological polar surface area (TPSA) is 65.5 Å². The van der Waals surface area contributed by atoms with Crippen LogP contribution in [0.15, 0.2) is 183 Å². The maximum absolute atomic E-state index is 8.47. The zero-order valence-electron chi connectivity index (χ0n) is 69.0. The predicted octanol–water partition coefficient (Wildman–Crippen LogP) is 18.4. The van der Waals surface area contributed by atoms with Gasteiger partial charge in [0.1, 0.15) is 86.4 Å². The van der Waals surface area contributed by atoms with E-state index in [1.807, 2.05) is 161 Å². The minimum Gasteiger partial charge on any atom is -0.492 e. The van der Waals surface area contributed by atoms with Crippen LogP contribution in [0.25, 0.3) is 56.3 Å². The van der Waals surface area contributed by atoms with Gasteiger partial charge in [-0.3, -0.25) is 0 Å². The molecular formula is C93H110N5O5+5. The maximum Gasteiger partial charge on any atom is 0.216 e. The normalized spacial score (nSPS) is 19.9. The number of hydrogen-bond donors (Lipinski definition) is 0. The number of benzene rings is 5. The van der Waals surface area contributed by atoms with Crippen LogP contribution in [0.2, 0.25) is 0 Å². The molecule has 103 heavy (non-hydrogen) atoms. The van der Waals surface area contributed by atoms with Gasteiger partial charge >= 0.3 is 0 Å². The van der Waals surface area contributed by atoms with Crippen LogP contribution in [0.4, 0.5) is 0 Å². The molecule has 10 heterocycles. The number of hydrogen-bond acceptors (Lipinski definition) is 5. The van der Waals surface area contributed by atoms with Crippen molar-refractivity contribution >= 4 is 0 Å². The Morgan fingerprint density at radius 2 is 0.592 bits per heavy atom. The number of aryl methyl sites for hydroxylation is 15. The van der Waals surface area contributed by atoms with Crippen LogP contribution in [0.5, 0.6) is 28.7 Å². The molecule has 5 aliphatic heterocycles. The highest BCUT2D eigenvalue weighted by Crippen LogP contribution is 2.53. The second kappa shape index (κ2) is 29.9. The lowest BCUT2D eigenvalue weighted by atomic mass is 9.78. The Bertz CT molecular complexity index is 4960. The Labute approximate surface area is 622 Å². The van der Waals surface area contributed by atoms with Gasteiger partial charge in [0.05, 0.1) is 34.4 Å². The van der Waals surface area contributed by atoms with Gasteiger partial charge in [0, 0.05) is 68.9 Å². The van der Waals surface area contributed by atoms with Crippen molar-refractivity contribution in [2.45, 2.75) is 206 Å². The van der Waals surface area contributed by atoms with Crippen LogP contribution < -0.4 is 46.5 Å². The van der Waals surface area contributed by atoms with Crippen LogP contribution in [-0.2, 0) is 67.2 Å². The summed E-state index contributed by atoms with van der Waals surface area (Å²) in [4.78, 5) is 0. The van der Waals surface area contributed by atoms with E-state index in [4.69, 9.17) is 31.9 Å². The quantitative estimate of drug-likeness (QED) is 0.161. The van der Waals surface area contributed by atoms with Crippen molar-refractivity contribution in [1.82, 2.24) is 0 Å². The summed E-state index contributed by atoms with van der Waals surface area (Å²) in [7, 11) is 10.2. The van der Waals surface area contributed by atoms with E-state index in [2.05, 4.69) is 128 Å². The Kier molecular flexibility index (Phi) is 18.4. The molecule has 0 bridgehead atoms. The summed E-state index contributed by atoms with van der Waals surface area (Å²) >= 11 is 0. The van der Waals surface area contributed by atoms with Crippen LogP contribution >= 0.6 is 0 Å². The third-order valence-corrected chi connectivity index (χ3v) is 22.6. The monoisotopic (exact) mass is 1380 g/mol. The van der Waals surface area contributed by atoms with Crippen molar-refractivity contribution in [1.29, 1.82) is 0 Å². The van der Waals surface area contributed by atoms with Gasteiger partial charge in [0.15, 0.2) is 31.0 Å². The molecule has 532 valence electrons. The Hall–Kier alpha value is -9.15. The van der Waals surface area contributed by atoms with Crippen molar-refractivity contribution < 1.29 is 54.7 Å². The largest absolute Gasteiger partial charge is 0.492 e. The number of ether oxygens (including phenoxy) is 5. The molecule has 5 aromatic heterocycles. The van der Waals surface area contributed by atoms with Crippen LogP contribution in [0, 0.1) is 34.6 Å². The summed E-state index contributed by atoms with van der Waals surface area (Å²) in [5.41, 5.74) is 21.3. The second-order valence-corrected chi connectivity index (χ2v) is 30.8. The average Bonchev–Trinajstić information content (AvgIpc) is 1.60. The van der Waals surface area contributed by atoms with Crippen molar-refractivity contribution in [3.8, 4) is 85.0 Å². The number of aromatic nitrogens is 5. The van der Waals surface area contributed by atoms with E-state index in [0.29, 0.717) is 54.1 Å². The van der Waals surface area contributed by atoms with Crippen molar-refractivity contribution in [2.24, 2.45) is 35.2 Å². The fourth-order valence-corrected chi connectivity index (χ4v) is 16.5. The zero-order chi connectivity index (χ0) is 77.0. The van der Waals surface area contributed by atoms with Gasteiger partial charge in [-0.25, -0.2) is 22.8 Å². The molecule has 18 rings (SSSR count). The highest BCUT2D eigenvalue weighted by atomic mass is 16.5. The Balaban J connectivity index is 0.000000114. The zero-order valence-corrected chi connectivity index (χ0v) is 63.0. The predicted molar refractivity (Wildman–Crippen MR) is 412 cm³/mol. The lowest BCUT2D eigenvalue weighted by Gasteiger charge is -2.42. The molecule has 3 saturated carbocycles. The van der Waals surface area contributed by atoms with E-state index in [9.17, 15) is 0 Å². The summed E-state index contributed by atoms with van der Waals surface area (Å²) in [6, 6.07) is 51.5. The summed E-state index contributed by atoms with van der Waals surface area (Å²) in [6.07, 6.45) is 25.6. The van der Waals surface area contributed by atoms with Gasteiger partial charge in [0.25, 0.3) is 0 Å². The molecule has 10 heteroatoms. The van der Waals surface area contributed by atoms with Gasteiger partial charge < -0.3 is 23.7 Å². The first-order valence-electron chi connectivity index (χ1n) is 40.8. The highest BCUT2D eigenvalue weighted by molar-refractivity contribution is 5.76. The summed E-state index contributed by atoms with van der Waals surface area (Å²) < 4.78 is 92.5. The molecule has 3 aliphatic carbocycles. The molecule has 3 spiro atoms. The molecule has 0 amide bonds. The van der Waals surface area contributed by atoms with Crippen LogP contribution in [0.3, 0.4) is 0 Å². The molecular weight excluding hydrogens is 1270 g/mol. The fraction of sp³-hybridized carbons (Fsp3) is 0.409. The SMILES string of the molecule is Cc1ccc2c(c1-c1cccc[n+]1C)OC1(CCCC1)CC2.Cc1ccc2c(c1-c1cccc[n+]1C)OC1(CCCCC1)CC2.[2H]C1([2H])CC(C)(C)Oc2c1ccc(C)c2-c1cccc[n+]1C.[2H]C1([2H])CC2(CC2)Oc2c1ccc(C)c2-c1cccc[n+]1C.[2H]C1([2H])CCOc2c1ccc(C)c2-c1cccc[n+]1C. The first-order chi connectivity index (χ1) is 52.0. The van der Waals surface area contributed by atoms with E-state index >= 15 is 0 Å². The highest BCUT2D eigenvalue weighted by Gasteiger charge is 2.49. The number of fused-ring (bicyclic) bond motifs is 5. The van der Waals surface area contributed by atoms with E-state index in [-0.39, 0.29) is 16.8 Å². The minimum atomic E-state index is -1.38. The van der Waals surface area contributed by atoms with Crippen LogP contribution in [-0.4, -0.2) is 29.0 Å². The molecule has 10 aromatic rings. The molecule has 0 saturated heterocycles. The number of pyridine rings is 5. The smallest absolute Gasteiger partial charge is 0.216 e. The third-order valence-electron chi connectivity index (χ3n) is 22.6. The molecule has 0 atom stereocenters. The number of nitrogens with zero attached hydrogens (tertiary/aromatic N) is 5. The molecule has 5 aromatic carbocycles. The summed E-state index contributed by atoms with van der Waals surface area (Å²) in [5, 5.41) is 0. The third kappa shape index (κ3) is 15.0. The van der Waals surface area contributed by atoms with Gasteiger partial charge in [0.2, 0.25) is 28.5 Å². The minimum absolute atomic E-state index is 0.0984. The van der Waals surface area contributed by atoms with E-state index in [1.54, 1.807) is 0 Å². The Morgan fingerprint density at radius 1 is 0.291 bits per heavy atom. The molecule has 8 aliphatic rings. The van der Waals surface area contributed by atoms with E-state index in [0.717, 1.165) is 93.4 Å². The fourth-order valence-electron chi connectivity index (χ4n) is 16.5. The molecule has 0 radical (unpaired) electrons. The Morgan fingerprint density at radius 3 is 0.951 bits per heavy atom. The standard InChI is InChI=1S/C21H26NO.C20H24NO.C18H20NO.C18H22NO.C16H18NO/c1-16-9-10-17-11-14-21(12-5-3-6-13-21)23-20(17)19(16)18-8-4-7-15-22(18)2;1-15-8-9-16-10-13-20(11-4-5-12-20)22-19(16)18(15)17-7-3-6-14-21(17)2;1-13-6-7-14-8-9-18(10-11-18)20-17(14)16(13)15-5-3-4-12-19(15)2;1-13-8-9-14-10-11-18(2,3)20-17(14)16(13)15-7-5-6-12-19(15)4;1-12-8-9-13-6-5-11-18-16(13)15(12)14-7-3-4-10-17(14)2/h4,7-10,15H,3,5-6,11-14H2,1-2H3;3,6-9,14H,4-5,10-13H2,1-2H3;3-7,12H,8-11H2,1-2H3;5-9,12H,10-11H2,1-4H3;3-4,7-10H,5-6,11H2,1-2H3/q5*+1/i;;8D2;10D2;6D2. The molecule has 0 unspecified atom stereocenters. The van der Waals surface area contributed by atoms with Crippen molar-refractivity contribution in [3.63, 3.8) is 0 Å². The molecule has 10 nitrogen and oxygen atoms in total. The lowest BCUT2D eigenvalue weighted by Crippen LogP contribution is -2.42. The lowest BCUT2D eigenvalue weighted by molar-refractivity contribution is -0.660. The van der Waals surface area contributed by atoms with Gasteiger partial charge in [-0.1, -0.05) is 67.1 Å². The van der Waals surface area contributed by atoms with E-state index in [1.165, 1.54) is 115 Å². The summed E-state index contributed by atoms with van der Waals surface area (Å²) in [6.45, 7) is 14.9. The van der Waals surface area contributed by atoms with Crippen molar-refractivity contribution in [3.05, 3.63) is 238 Å². The number of rotatable bonds is 5. The van der Waals surface area contributed by atoms with Gasteiger partial charge in [-0.2, -0.15) is 0 Å². The molecule has 3 fully saturated rings. The van der Waals surface area contributed by atoms with Crippen molar-refractivity contribution in [2.75, 3.05) is 6.61 Å². The maximum atomic E-state index is 8.47. The second-order valence-electron chi connectivity index (χ2n) is 30.8. The first-order valence-corrected chi connectivity index (χ1v) is 37.8. The van der Waals surface area contributed by atoms with Gasteiger partial charge in [-0.15, -0.1) is 0 Å². The summed E-state index contributed by atoms with van der Waals surface area (Å²) in [5.74, 6) is 4.43. The van der Waals surface area contributed by atoms with Crippen LogP contribution in [0.1, 0.15) is 180 Å². The van der Waals surface area contributed by atoms with E-state index < -0.39 is 24.7 Å². The van der Waals surface area contributed by atoms with Gasteiger partial charge in [-0.05, 0) is 263 Å².